The topological polar surface area (TPSA) is 207 Å². The molecule has 324 valence electrons. The van der Waals surface area contributed by atoms with Crippen molar-refractivity contribution >= 4 is 35.5 Å². The Morgan fingerprint density at radius 2 is 1.25 bits per heavy atom. The molecule has 6 heterocycles. The molecule has 2 aliphatic heterocycles. The van der Waals surface area contributed by atoms with Gasteiger partial charge in [-0.1, -0.05) is 24.6 Å². The highest BCUT2D eigenvalue weighted by molar-refractivity contribution is 8.00. The Bertz CT molecular complexity index is 1930. The molecule has 4 atom stereocenters. The molecular formula is C44H57N11O5S. The van der Waals surface area contributed by atoms with Gasteiger partial charge < -0.3 is 31.7 Å². The second-order valence-corrected chi connectivity index (χ2v) is 16.7. The van der Waals surface area contributed by atoms with Gasteiger partial charge in [0.05, 0.1) is 46.5 Å². The number of aliphatic hydroxyl groups excluding tert-OH is 1. The number of hydrogen-bond acceptors (Lipinski definition) is 12. The van der Waals surface area contributed by atoms with E-state index in [1.165, 1.54) is 6.20 Å². The minimum absolute atomic E-state index is 0.0216. The van der Waals surface area contributed by atoms with Gasteiger partial charge in [-0.05, 0) is 67.8 Å². The van der Waals surface area contributed by atoms with Crippen LogP contribution in [0.2, 0.25) is 0 Å². The van der Waals surface area contributed by atoms with Crippen LogP contribution in [0.1, 0.15) is 71.7 Å². The average Bonchev–Trinajstić information content (AvgIpc) is 3.82. The number of unbranched alkanes of at least 4 members (excludes halogenated alkanes) is 1. The lowest BCUT2D eigenvalue weighted by molar-refractivity contribution is -0.123. The normalized spacial score (nSPS) is 17.4. The molecule has 61 heavy (non-hydrogen) atoms. The van der Waals surface area contributed by atoms with Gasteiger partial charge in [0, 0.05) is 108 Å². The number of carbonyl (C=O) groups excluding carboxylic acids is 4. The Hall–Kier alpha value is -5.49. The smallest absolute Gasteiger partial charge is 0.315 e. The number of urea groups is 1. The molecule has 2 fully saturated rings. The number of hydrogen-bond donors (Lipinski definition) is 6. The predicted octanol–water partition coefficient (Wildman–Crippen LogP) is 2.80. The van der Waals surface area contributed by atoms with Gasteiger partial charge in [-0.15, -0.1) is 0 Å². The molecule has 16 nitrogen and oxygen atoms in total. The third kappa shape index (κ3) is 15.5. The van der Waals surface area contributed by atoms with E-state index in [0.717, 1.165) is 47.8 Å². The van der Waals surface area contributed by atoms with E-state index in [1.807, 2.05) is 66.4 Å². The van der Waals surface area contributed by atoms with Crippen LogP contribution >= 0.6 is 11.8 Å². The van der Waals surface area contributed by atoms with Crippen LogP contribution in [-0.2, 0) is 35.8 Å². The first kappa shape index (κ1) is 45.0. The van der Waals surface area contributed by atoms with Crippen molar-refractivity contribution in [1.29, 1.82) is 0 Å². The fourth-order valence-electron chi connectivity index (χ4n) is 7.48. The highest BCUT2D eigenvalue weighted by atomic mass is 32.2. The van der Waals surface area contributed by atoms with Crippen molar-refractivity contribution in [3.8, 4) is 0 Å². The van der Waals surface area contributed by atoms with E-state index in [1.54, 1.807) is 30.7 Å². The van der Waals surface area contributed by atoms with Gasteiger partial charge in [-0.2, -0.15) is 11.8 Å². The van der Waals surface area contributed by atoms with Crippen molar-refractivity contribution in [3.63, 3.8) is 0 Å². The van der Waals surface area contributed by atoms with E-state index in [-0.39, 0.29) is 55.3 Å². The van der Waals surface area contributed by atoms with Gasteiger partial charge in [0.1, 0.15) is 0 Å². The lowest BCUT2D eigenvalue weighted by atomic mass is 10.0. The molecule has 0 aliphatic carbocycles. The molecule has 0 saturated carbocycles. The number of carbonyl (C=O) groups is 4. The molecular weight excluding hydrogens is 795 g/mol. The largest absolute Gasteiger partial charge is 0.390 e. The molecule has 0 radical (unpaired) electrons. The van der Waals surface area contributed by atoms with Crippen molar-refractivity contribution in [3.05, 3.63) is 120 Å². The Balaban J connectivity index is 0.876. The van der Waals surface area contributed by atoms with E-state index in [0.29, 0.717) is 69.5 Å². The Kier molecular flexibility index (Phi) is 17.8. The predicted molar refractivity (Wildman–Crippen MR) is 233 cm³/mol. The Labute approximate surface area is 361 Å². The molecule has 4 aromatic rings. The first-order valence-electron chi connectivity index (χ1n) is 21.0. The second kappa shape index (κ2) is 24.1. The summed E-state index contributed by atoms with van der Waals surface area (Å²) in [5, 5.41) is 26.3. The van der Waals surface area contributed by atoms with E-state index < -0.39 is 6.10 Å². The zero-order valence-corrected chi connectivity index (χ0v) is 35.3. The average molecular weight is 852 g/mol. The van der Waals surface area contributed by atoms with Crippen LogP contribution in [-0.4, -0.2) is 121 Å². The van der Waals surface area contributed by atoms with Crippen LogP contribution in [0.15, 0.2) is 91.5 Å². The summed E-state index contributed by atoms with van der Waals surface area (Å²) in [4.78, 5) is 71.3. The molecule has 2 aliphatic rings. The first-order chi connectivity index (χ1) is 29.8. The standard InChI is InChI=1S/C44H57N11O5S/c56-37(29-54(25-33-10-3-6-18-45-33)26-34-11-4-7-19-46-34)30-55(27-35-12-5-8-20-47-35)28-36-17-16-32(24-51-36)43(59)50-23-22-49-41(58)15-9-21-48-40(57)14-2-1-13-39-42-38(31-61-39)52-44(60)53-42/h3-8,10-12,16-20,24,37-39,42,56H,1-2,9,13-15,21-23,25-31H2,(H,48,57)(H,49,58)(H,50,59)(H2,52,53,60)/t37?,38-,39?,42-/m0/s1. The Morgan fingerprint density at radius 3 is 1.80 bits per heavy atom. The van der Waals surface area contributed by atoms with Crippen molar-refractivity contribution in [1.82, 2.24) is 56.3 Å². The number of thioether (sulfide) groups is 1. The zero-order valence-electron chi connectivity index (χ0n) is 34.5. The highest BCUT2D eigenvalue weighted by Gasteiger charge is 2.42. The van der Waals surface area contributed by atoms with Crippen LogP contribution in [0.5, 0.6) is 0 Å². The van der Waals surface area contributed by atoms with Gasteiger partial charge in [0.2, 0.25) is 11.8 Å². The molecule has 0 spiro atoms. The van der Waals surface area contributed by atoms with Crippen LogP contribution in [0, 0.1) is 0 Å². The van der Waals surface area contributed by atoms with Crippen molar-refractivity contribution in [2.75, 3.05) is 38.5 Å². The third-order valence-corrected chi connectivity index (χ3v) is 12.0. The van der Waals surface area contributed by atoms with E-state index in [2.05, 4.69) is 56.3 Å². The lowest BCUT2D eigenvalue weighted by Gasteiger charge is -2.29. The van der Waals surface area contributed by atoms with E-state index >= 15 is 0 Å². The molecule has 17 heteroatoms. The number of pyridine rings is 4. The molecule has 2 saturated heterocycles. The number of nitrogens with one attached hydrogen (secondary N) is 5. The van der Waals surface area contributed by atoms with Crippen molar-refractivity contribution in [2.24, 2.45) is 0 Å². The molecule has 0 aromatic carbocycles. The summed E-state index contributed by atoms with van der Waals surface area (Å²) in [5.41, 5.74) is 3.79. The maximum atomic E-state index is 12.9. The van der Waals surface area contributed by atoms with Crippen LogP contribution in [0.25, 0.3) is 0 Å². The summed E-state index contributed by atoms with van der Waals surface area (Å²) in [5.74, 6) is 0.458. The number of rotatable bonds is 25. The summed E-state index contributed by atoms with van der Waals surface area (Å²) in [7, 11) is 0. The fourth-order valence-corrected chi connectivity index (χ4v) is 9.02. The van der Waals surface area contributed by atoms with E-state index in [9.17, 15) is 24.3 Å². The summed E-state index contributed by atoms with van der Waals surface area (Å²) in [6.45, 7) is 3.71. The molecule has 6 rings (SSSR count). The molecule has 5 amide bonds. The van der Waals surface area contributed by atoms with Gasteiger partial charge in [-0.3, -0.25) is 44.1 Å². The first-order valence-corrected chi connectivity index (χ1v) is 22.1. The maximum absolute atomic E-state index is 12.9. The Morgan fingerprint density at radius 1 is 0.689 bits per heavy atom. The fraction of sp³-hybridized carbons (Fsp3) is 0.455. The number of amides is 5. The van der Waals surface area contributed by atoms with Crippen LogP contribution < -0.4 is 26.6 Å². The molecule has 4 aromatic heterocycles. The summed E-state index contributed by atoms with van der Waals surface area (Å²) in [6, 6.07) is 21.2. The van der Waals surface area contributed by atoms with Crippen molar-refractivity contribution in [2.45, 2.75) is 88.1 Å². The molecule has 2 unspecified atom stereocenters. The molecule has 6 N–H and O–H groups in total. The van der Waals surface area contributed by atoms with Gasteiger partial charge in [0.15, 0.2) is 0 Å². The van der Waals surface area contributed by atoms with E-state index in [4.69, 9.17) is 0 Å². The quantitative estimate of drug-likeness (QED) is 0.0421. The third-order valence-electron chi connectivity index (χ3n) is 10.5. The SMILES string of the molecule is O=C(CCCCC1SC[C@@H]2NC(=O)N[C@H]12)NCCCC(=O)NCCNC(=O)c1ccc(CN(Cc2ccccn2)CC(O)CN(Cc2ccccn2)Cc2ccccn2)nc1. The number of nitrogens with zero attached hydrogens (tertiary/aromatic N) is 6. The number of aliphatic hydroxyl groups is 1. The maximum Gasteiger partial charge on any atom is 0.315 e. The minimum atomic E-state index is -0.707. The van der Waals surface area contributed by atoms with Gasteiger partial charge in [0.25, 0.3) is 5.91 Å². The summed E-state index contributed by atoms with van der Waals surface area (Å²) >= 11 is 1.88. The van der Waals surface area contributed by atoms with Crippen molar-refractivity contribution < 1.29 is 24.3 Å². The second-order valence-electron chi connectivity index (χ2n) is 15.4. The zero-order chi connectivity index (χ0) is 42.7. The molecule has 0 bridgehead atoms. The minimum Gasteiger partial charge on any atom is -0.390 e. The van der Waals surface area contributed by atoms with Crippen LogP contribution in [0.4, 0.5) is 4.79 Å². The summed E-state index contributed by atoms with van der Waals surface area (Å²) in [6.07, 6.45) is 10.0. The van der Waals surface area contributed by atoms with Gasteiger partial charge >= 0.3 is 6.03 Å². The van der Waals surface area contributed by atoms with Gasteiger partial charge in [-0.25, -0.2) is 4.79 Å². The lowest BCUT2D eigenvalue weighted by Crippen LogP contribution is -2.40. The number of fused-ring (bicyclic) bond motifs is 1. The monoisotopic (exact) mass is 851 g/mol. The van der Waals surface area contributed by atoms with Crippen LogP contribution in [0.3, 0.4) is 0 Å². The summed E-state index contributed by atoms with van der Waals surface area (Å²) < 4.78 is 0. The highest BCUT2D eigenvalue weighted by Crippen LogP contribution is 2.33. The number of aromatic nitrogens is 4.